The average Bonchev–Trinajstić information content (AvgIpc) is 2.24. The summed E-state index contributed by atoms with van der Waals surface area (Å²) in [5.74, 6) is -0.304. The highest BCUT2D eigenvalue weighted by molar-refractivity contribution is 6.33. The highest BCUT2D eigenvalue weighted by Crippen LogP contribution is 2.25. The van der Waals surface area contributed by atoms with Gasteiger partial charge in [0.05, 0.1) is 16.4 Å². The van der Waals surface area contributed by atoms with Gasteiger partial charge in [-0.25, -0.2) is 0 Å². The molecule has 0 saturated carbocycles. The molecule has 0 aliphatic carbocycles. The van der Waals surface area contributed by atoms with Crippen LogP contribution in [0.4, 0.5) is 5.69 Å². The summed E-state index contributed by atoms with van der Waals surface area (Å²) in [4.78, 5) is 21.6. The summed E-state index contributed by atoms with van der Waals surface area (Å²) < 4.78 is 0. The second kappa shape index (κ2) is 5.50. The molecule has 0 unspecified atom stereocenters. The van der Waals surface area contributed by atoms with E-state index in [-0.39, 0.29) is 11.6 Å². The molecule has 1 rings (SSSR count). The lowest BCUT2D eigenvalue weighted by Crippen LogP contribution is -2.19. The molecule has 1 aromatic rings. The number of hydrogen-bond donors (Lipinski definition) is 2. The first kappa shape index (κ1) is 13.3. The first-order valence-electron chi connectivity index (χ1n) is 4.94. The SMILES string of the molecule is CC(=O)N/C(C=O)=C/c1cc(C)c(N)c(Cl)c1. The van der Waals surface area contributed by atoms with E-state index in [1.807, 2.05) is 6.92 Å². The van der Waals surface area contributed by atoms with Gasteiger partial charge in [-0.15, -0.1) is 0 Å². The standard InChI is InChI=1S/C12H13ClN2O2/c1-7-3-9(5-11(13)12(7)14)4-10(6-16)15-8(2)17/h3-6H,14H2,1-2H3,(H,15,17)/b10-4+. The molecule has 1 amide bonds. The zero-order valence-corrected chi connectivity index (χ0v) is 10.3. The van der Waals surface area contributed by atoms with Crippen LogP contribution in [0.15, 0.2) is 17.8 Å². The molecule has 0 aliphatic rings. The zero-order chi connectivity index (χ0) is 13.0. The van der Waals surface area contributed by atoms with Gasteiger partial charge in [0, 0.05) is 6.92 Å². The van der Waals surface area contributed by atoms with E-state index in [1.165, 1.54) is 13.0 Å². The van der Waals surface area contributed by atoms with Crippen LogP contribution < -0.4 is 11.1 Å². The number of nitrogen functional groups attached to an aromatic ring is 1. The number of carbonyl (C=O) groups excluding carboxylic acids is 2. The first-order chi connectivity index (χ1) is 7.93. The van der Waals surface area contributed by atoms with Crippen LogP contribution in [0.2, 0.25) is 5.02 Å². The molecule has 0 saturated heterocycles. The molecule has 1 aromatic carbocycles. The maximum absolute atomic E-state index is 10.8. The fourth-order valence-corrected chi connectivity index (χ4v) is 1.62. The number of hydrogen-bond acceptors (Lipinski definition) is 3. The van der Waals surface area contributed by atoms with Gasteiger partial charge < -0.3 is 11.1 Å². The van der Waals surface area contributed by atoms with Gasteiger partial charge in [0.25, 0.3) is 0 Å². The van der Waals surface area contributed by atoms with Crippen LogP contribution in [0, 0.1) is 6.92 Å². The highest BCUT2D eigenvalue weighted by atomic mass is 35.5. The molecule has 0 aromatic heterocycles. The van der Waals surface area contributed by atoms with Crippen molar-refractivity contribution in [2.24, 2.45) is 0 Å². The number of anilines is 1. The van der Waals surface area contributed by atoms with Crippen molar-refractivity contribution in [3.8, 4) is 0 Å². The third-order valence-corrected chi connectivity index (χ3v) is 2.44. The number of halogens is 1. The lowest BCUT2D eigenvalue weighted by Gasteiger charge is -2.06. The molecule has 0 radical (unpaired) electrons. The summed E-state index contributed by atoms with van der Waals surface area (Å²) in [6.07, 6.45) is 2.10. The largest absolute Gasteiger partial charge is 0.397 e. The summed E-state index contributed by atoms with van der Waals surface area (Å²) in [5, 5.41) is 2.83. The van der Waals surface area contributed by atoms with Crippen molar-refractivity contribution in [2.45, 2.75) is 13.8 Å². The molecule has 4 nitrogen and oxygen atoms in total. The normalized spacial score (nSPS) is 11.1. The fraction of sp³-hybridized carbons (Fsp3) is 0.167. The minimum absolute atomic E-state index is 0.178. The lowest BCUT2D eigenvalue weighted by molar-refractivity contribution is -0.119. The molecule has 0 heterocycles. The highest BCUT2D eigenvalue weighted by Gasteiger charge is 2.03. The maximum Gasteiger partial charge on any atom is 0.221 e. The molecule has 0 aliphatic heterocycles. The Morgan fingerprint density at radius 3 is 2.59 bits per heavy atom. The van der Waals surface area contributed by atoms with Gasteiger partial charge in [0.15, 0.2) is 6.29 Å². The van der Waals surface area contributed by atoms with Crippen LogP contribution in [-0.4, -0.2) is 12.2 Å². The van der Waals surface area contributed by atoms with Crippen molar-refractivity contribution in [1.82, 2.24) is 5.32 Å². The third kappa shape index (κ3) is 3.60. The van der Waals surface area contributed by atoms with Gasteiger partial charge in [-0.05, 0) is 36.3 Å². The number of nitrogens with one attached hydrogen (secondary N) is 1. The quantitative estimate of drug-likeness (QED) is 0.490. The van der Waals surface area contributed by atoms with Crippen LogP contribution in [0.5, 0.6) is 0 Å². The summed E-state index contributed by atoms with van der Waals surface area (Å²) in [6, 6.07) is 3.42. The number of benzene rings is 1. The molecular weight excluding hydrogens is 240 g/mol. The van der Waals surface area contributed by atoms with Crippen molar-refractivity contribution in [3.05, 3.63) is 34.0 Å². The van der Waals surface area contributed by atoms with Crippen LogP contribution in [-0.2, 0) is 9.59 Å². The lowest BCUT2D eigenvalue weighted by atomic mass is 10.1. The number of amides is 1. The Morgan fingerprint density at radius 2 is 2.12 bits per heavy atom. The number of nitrogens with two attached hydrogens (primary N) is 1. The molecule has 0 fully saturated rings. The monoisotopic (exact) mass is 252 g/mol. The molecule has 5 heteroatoms. The number of aryl methyl sites for hydroxylation is 1. The topological polar surface area (TPSA) is 72.2 Å². The second-order valence-corrected chi connectivity index (χ2v) is 4.04. The summed E-state index contributed by atoms with van der Waals surface area (Å²) >= 11 is 5.92. The van der Waals surface area contributed by atoms with Crippen molar-refractivity contribution in [2.75, 3.05) is 5.73 Å². The van der Waals surface area contributed by atoms with Crippen LogP contribution >= 0.6 is 11.6 Å². The van der Waals surface area contributed by atoms with E-state index in [2.05, 4.69) is 5.32 Å². The Balaban J connectivity index is 3.12. The van der Waals surface area contributed by atoms with E-state index in [9.17, 15) is 9.59 Å². The minimum atomic E-state index is -0.304. The Hall–Kier alpha value is -1.81. The van der Waals surface area contributed by atoms with E-state index in [1.54, 1.807) is 12.1 Å². The summed E-state index contributed by atoms with van der Waals surface area (Å²) in [6.45, 7) is 3.15. The zero-order valence-electron chi connectivity index (χ0n) is 9.58. The third-order valence-electron chi connectivity index (χ3n) is 2.13. The van der Waals surface area contributed by atoms with Gasteiger partial charge in [-0.1, -0.05) is 11.6 Å². The van der Waals surface area contributed by atoms with Crippen LogP contribution in [0.25, 0.3) is 6.08 Å². The second-order valence-electron chi connectivity index (χ2n) is 3.63. The van der Waals surface area contributed by atoms with E-state index >= 15 is 0 Å². The van der Waals surface area contributed by atoms with Gasteiger partial charge in [0.2, 0.25) is 5.91 Å². The van der Waals surface area contributed by atoms with Crippen LogP contribution in [0.3, 0.4) is 0 Å². The molecular formula is C12H13ClN2O2. The summed E-state index contributed by atoms with van der Waals surface area (Å²) in [5.41, 5.74) is 7.91. The smallest absolute Gasteiger partial charge is 0.221 e. The fourth-order valence-electron chi connectivity index (χ4n) is 1.35. The number of rotatable bonds is 3. The van der Waals surface area contributed by atoms with Crippen molar-refractivity contribution in [3.63, 3.8) is 0 Å². The van der Waals surface area contributed by atoms with Gasteiger partial charge in [-0.2, -0.15) is 0 Å². The number of allylic oxidation sites excluding steroid dienone is 1. The molecule has 0 spiro atoms. The average molecular weight is 253 g/mol. The van der Waals surface area contributed by atoms with Crippen molar-refractivity contribution >= 4 is 35.6 Å². The Kier molecular flexibility index (Phi) is 4.29. The van der Waals surface area contributed by atoms with Crippen LogP contribution in [0.1, 0.15) is 18.1 Å². The Bertz CT molecular complexity index is 472. The van der Waals surface area contributed by atoms with Crippen molar-refractivity contribution in [1.29, 1.82) is 0 Å². The predicted molar refractivity (Wildman–Crippen MR) is 68.5 cm³/mol. The number of aldehydes is 1. The Morgan fingerprint density at radius 1 is 1.47 bits per heavy atom. The first-order valence-corrected chi connectivity index (χ1v) is 5.32. The molecule has 3 N–H and O–H groups in total. The molecule has 90 valence electrons. The molecule has 0 bridgehead atoms. The minimum Gasteiger partial charge on any atom is -0.397 e. The van der Waals surface area contributed by atoms with E-state index in [4.69, 9.17) is 17.3 Å². The predicted octanol–water partition coefficient (Wildman–Crippen LogP) is 1.91. The van der Waals surface area contributed by atoms with E-state index in [0.29, 0.717) is 22.6 Å². The molecule has 0 atom stereocenters. The van der Waals surface area contributed by atoms with Crippen molar-refractivity contribution < 1.29 is 9.59 Å². The summed E-state index contributed by atoms with van der Waals surface area (Å²) in [7, 11) is 0. The van der Waals surface area contributed by atoms with Gasteiger partial charge in [-0.3, -0.25) is 9.59 Å². The maximum atomic E-state index is 10.8. The van der Waals surface area contributed by atoms with E-state index < -0.39 is 0 Å². The van der Waals surface area contributed by atoms with Gasteiger partial charge >= 0.3 is 0 Å². The van der Waals surface area contributed by atoms with E-state index in [0.717, 1.165) is 5.56 Å². The number of carbonyl (C=O) groups is 2. The van der Waals surface area contributed by atoms with Gasteiger partial charge in [0.1, 0.15) is 0 Å². The Labute approximate surface area is 104 Å². The molecule has 17 heavy (non-hydrogen) atoms.